The minimum atomic E-state index is 0.960. The Balaban J connectivity index is 1.49. The van der Waals surface area contributed by atoms with E-state index in [-0.39, 0.29) is 0 Å². The standard InChI is InChI=1S/C20H34N2S/c1-21(14-9-17-23-20-12-7-4-8-13-20)15-16-22(2)18-19-10-5-3-6-11-19/h4,7-8,12-13,19H,3,5-6,9-11,14-18H2,1-2H3. The Morgan fingerprint density at radius 1 is 0.913 bits per heavy atom. The number of hydrogen-bond donors (Lipinski definition) is 0. The Hall–Kier alpha value is -0.510. The first-order valence-electron chi connectivity index (χ1n) is 9.29. The van der Waals surface area contributed by atoms with Gasteiger partial charge in [-0.25, -0.2) is 0 Å². The van der Waals surface area contributed by atoms with Crippen LogP contribution in [-0.2, 0) is 0 Å². The van der Waals surface area contributed by atoms with Gasteiger partial charge in [0.05, 0.1) is 0 Å². The van der Waals surface area contributed by atoms with Crippen LogP contribution in [0.4, 0.5) is 0 Å². The second-order valence-corrected chi connectivity index (χ2v) is 8.25. The van der Waals surface area contributed by atoms with Gasteiger partial charge in [0.2, 0.25) is 0 Å². The molecule has 1 aliphatic rings. The van der Waals surface area contributed by atoms with Crippen molar-refractivity contribution in [1.82, 2.24) is 9.80 Å². The summed E-state index contributed by atoms with van der Waals surface area (Å²) in [6.07, 6.45) is 8.55. The van der Waals surface area contributed by atoms with E-state index in [1.165, 1.54) is 75.4 Å². The summed E-state index contributed by atoms with van der Waals surface area (Å²) in [6.45, 7) is 4.91. The van der Waals surface area contributed by atoms with Gasteiger partial charge >= 0.3 is 0 Å². The van der Waals surface area contributed by atoms with Crippen molar-refractivity contribution in [2.75, 3.05) is 46.0 Å². The van der Waals surface area contributed by atoms with Crippen LogP contribution in [0.2, 0.25) is 0 Å². The lowest BCUT2D eigenvalue weighted by Crippen LogP contribution is -2.34. The molecule has 3 heteroatoms. The van der Waals surface area contributed by atoms with E-state index in [2.05, 4.69) is 54.2 Å². The van der Waals surface area contributed by atoms with Gasteiger partial charge in [0, 0.05) is 24.5 Å². The zero-order chi connectivity index (χ0) is 16.3. The second-order valence-electron chi connectivity index (χ2n) is 7.08. The summed E-state index contributed by atoms with van der Waals surface area (Å²) in [4.78, 5) is 6.43. The highest BCUT2D eigenvalue weighted by Crippen LogP contribution is 2.24. The first-order valence-corrected chi connectivity index (χ1v) is 10.3. The molecule has 0 spiro atoms. The SMILES string of the molecule is CN(CCCSc1ccccc1)CCN(C)CC1CCCCC1. The van der Waals surface area contributed by atoms with Crippen LogP contribution in [0.1, 0.15) is 38.5 Å². The van der Waals surface area contributed by atoms with Crippen LogP contribution >= 0.6 is 11.8 Å². The Morgan fingerprint density at radius 3 is 2.35 bits per heavy atom. The number of likely N-dealkylation sites (N-methyl/N-ethyl adjacent to an activating group) is 2. The van der Waals surface area contributed by atoms with Crippen LogP contribution in [0.25, 0.3) is 0 Å². The molecule has 0 N–H and O–H groups in total. The predicted octanol–water partition coefficient (Wildman–Crippen LogP) is 4.61. The molecule has 1 aromatic rings. The number of thioether (sulfide) groups is 1. The molecule has 130 valence electrons. The van der Waals surface area contributed by atoms with E-state index in [1.807, 2.05) is 11.8 Å². The monoisotopic (exact) mass is 334 g/mol. The van der Waals surface area contributed by atoms with Crippen molar-refractivity contribution in [3.8, 4) is 0 Å². The number of benzene rings is 1. The van der Waals surface area contributed by atoms with Crippen molar-refractivity contribution >= 4 is 11.8 Å². The van der Waals surface area contributed by atoms with E-state index in [9.17, 15) is 0 Å². The van der Waals surface area contributed by atoms with Crippen LogP contribution in [0.3, 0.4) is 0 Å². The maximum absolute atomic E-state index is 2.55. The second kappa shape index (κ2) is 11.1. The highest BCUT2D eigenvalue weighted by molar-refractivity contribution is 7.99. The highest BCUT2D eigenvalue weighted by atomic mass is 32.2. The van der Waals surface area contributed by atoms with Gasteiger partial charge in [-0.15, -0.1) is 11.8 Å². The van der Waals surface area contributed by atoms with Crippen LogP contribution in [-0.4, -0.2) is 55.8 Å². The largest absolute Gasteiger partial charge is 0.305 e. The molecule has 0 heterocycles. The highest BCUT2D eigenvalue weighted by Gasteiger charge is 2.15. The summed E-state index contributed by atoms with van der Waals surface area (Å²) in [5, 5.41) is 0. The molecule has 0 atom stereocenters. The molecule has 1 aliphatic carbocycles. The van der Waals surface area contributed by atoms with Crippen molar-refractivity contribution < 1.29 is 0 Å². The van der Waals surface area contributed by atoms with Gasteiger partial charge in [-0.05, 0) is 63.7 Å². The van der Waals surface area contributed by atoms with Crippen LogP contribution in [0.15, 0.2) is 35.2 Å². The maximum atomic E-state index is 2.55. The van der Waals surface area contributed by atoms with Crippen molar-refractivity contribution in [3.63, 3.8) is 0 Å². The Bertz CT molecular complexity index is 403. The molecule has 0 aromatic heterocycles. The van der Waals surface area contributed by atoms with Gasteiger partial charge < -0.3 is 9.80 Å². The van der Waals surface area contributed by atoms with Gasteiger partial charge in [-0.1, -0.05) is 37.5 Å². The van der Waals surface area contributed by atoms with Crippen molar-refractivity contribution in [2.45, 2.75) is 43.4 Å². The van der Waals surface area contributed by atoms with E-state index in [0.717, 1.165) is 5.92 Å². The number of hydrogen-bond acceptors (Lipinski definition) is 3. The van der Waals surface area contributed by atoms with Crippen LogP contribution in [0.5, 0.6) is 0 Å². The summed E-state index contributed by atoms with van der Waals surface area (Å²) in [5.74, 6) is 2.17. The van der Waals surface area contributed by atoms with Crippen molar-refractivity contribution in [3.05, 3.63) is 30.3 Å². The van der Waals surface area contributed by atoms with Gasteiger partial charge in [0.15, 0.2) is 0 Å². The Morgan fingerprint density at radius 2 is 1.61 bits per heavy atom. The fraction of sp³-hybridized carbons (Fsp3) is 0.700. The molecular weight excluding hydrogens is 300 g/mol. The molecule has 0 radical (unpaired) electrons. The molecule has 1 aromatic carbocycles. The van der Waals surface area contributed by atoms with Crippen molar-refractivity contribution in [2.24, 2.45) is 5.92 Å². The molecule has 1 fully saturated rings. The van der Waals surface area contributed by atoms with Gasteiger partial charge in [0.25, 0.3) is 0 Å². The zero-order valence-electron chi connectivity index (χ0n) is 15.0. The zero-order valence-corrected chi connectivity index (χ0v) is 15.9. The number of rotatable bonds is 10. The molecule has 1 saturated carbocycles. The third-order valence-electron chi connectivity index (χ3n) is 4.85. The summed E-state index contributed by atoms with van der Waals surface area (Å²) in [7, 11) is 4.56. The lowest BCUT2D eigenvalue weighted by molar-refractivity contribution is 0.207. The lowest BCUT2D eigenvalue weighted by Gasteiger charge is -2.28. The number of nitrogens with zero attached hydrogens (tertiary/aromatic N) is 2. The summed E-state index contributed by atoms with van der Waals surface area (Å²) >= 11 is 1.97. The molecular formula is C20H34N2S. The molecule has 0 amide bonds. The summed E-state index contributed by atoms with van der Waals surface area (Å²) < 4.78 is 0. The topological polar surface area (TPSA) is 6.48 Å². The first-order chi connectivity index (χ1) is 11.2. The predicted molar refractivity (Wildman–Crippen MR) is 103 cm³/mol. The lowest BCUT2D eigenvalue weighted by atomic mass is 9.89. The molecule has 0 bridgehead atoms. The molecule has 2 rings (SSSR count). The molecule has 0 unspecified atom stereocenters. The molecule has 0 aliphatic heterocycles. The third kappa shape index (κ3) is 8.23. The molecule has 2 nitrogen and oxygen atoms in total. The summed E-state index contributed by atoms with van der Waals surface area (Å²) in [5.41, 5.74) is 0. The van der Waals surface area contributed by atoms with Gasteiger partial charge in [0.1, 0.15) is 0 Å². The van der Waals surface area contributed by atoms with Crippen LogP contribution in [0, 0.1) is 5.92 Å². The normalized spacial score (nSPS) is 16.3. The molecule has 0 saturated heterocycles. The molecule has 23 heavy (non-hydrogen) atoms. The van der Waals surface area contributed by atoms with Crippen molar-refractivity contribution in [1.29, 1.82) is 0 Å². The van der Waals surface area contributed by atoms with E-state index >= 15 is 0 Å². The van der Waals surface area contributed by atoms with E-state index in [4.69, 9.17) is 0 Å². The average molecular weight is 335 g/mol. The Labute approximate surface area is 147 Å². The van der Waals surface area contributed by atoms with Gasteiger partial charge in [-0.3, -0.25) is 0 Å². The average Bonchev–Trinajstić information content (AvgIpc) is 2.59. The van der Waals surface area contributed by atoms with Gasteiger partial charge in [-0.2, -0.15) is 0 Å². The fourth-order valence-electron chi connectivity index (χ4n) is 3.40. The maximum Gasteiger partial charge on any atom is 0.0106 e. The fourth-order valence-corrected chi connectivity index (χ4v) is 4.25. The smallest absolute Gasteiger partial charge is 0.0106 e. The minimum absolute atomic E-state index is 0.960. The quantitative estimate of drug-likeness (QED) is 0.455. The Kier molecular flexibility index (Phi) is 9.10. The minimum Gasteiger partial charge on any atom is -0.305 e. The van der Waals surface area contributed by atoms with Crippen LogP contribution < -0.4 is 0 Å². The first kappa shape index (κ1) is 18.8. The summed E-state index contributed by atoms with van der Waals surface area (Å²) in [6, 6.07) is 10.7. The van der Waals surface area contributed by atoms with E-state index in [0.29, 0.717) is 0 Å². The van der Waals surface area contributed by atoms with E-state index < -0.39 is 0 Å². The van der Waals surface area contributed by atoms with E-state index in [1.54, 1.807) is 0 Å². The third-order valence-corrected chi connectivity index (χ3v) is 5.95.